The predicted molar refractivity (Wildman–Crippen MR) is 213 cm³/mol. The van der Waals surface area contributed by atoms with Gasteiger partial charge in [-0.2, -0.15) is 48.9 Å². The third kappa shape index (κ3) is 13.4. The van der Waals surface area contributed by atoms with Crippen LogP contribution in [-0.4, -0.2) is 41.2 Å². The van der Waals surface area contributed by atoms with Crippen LogP contribution in [0.15, 0.2) is 54.6 Å². The molecule has 0 saturated carbocycles. The highest BCUT2D eigenvalue weighted by Crippen LogP contribution is 2.44. The third-order valence-corrected chi connectivity index (χ3v) is 9.23. The number of benzene rings is 3. The molecule has 0 aliphatic rings. The highest BCUT2D eigenvalue weighted by Gasteiger charge is 2.34. The Bertz CT molecular complexity index is 2470. The summed E-state index contributed by atoms with van der Waals surface area (Å²) < 4.78 is 131. The van der Waals surface area contributed by atoms with Gasteiger partial charge in [-0.25, -0.2) is 4.79 Å². The number of hydrogen-bond acceptors (Lipinski definition) is 8. The molecule has 0 aliphatic heterocycles. The van der Waals surface area contributed by atoms with E-state index in [0.717, 1.165) is 27.2 Å². The number of nitrogens with zero attached hydrogens (tertiary/aromatic N) is 5. The minimum absolute atomic E-state index is 0.0668. The van der Waals surface area contributed by atoms with E-state index in [4.69, 9.17) is 101 Å². The Balaban J connectivity index is 0.000000208. The standard InChI is InChI=1S/C12H6Cl3F3N2O2.C12H8Cl2F3N3O2.C11H7Cl2F3N2O/c1-5-2-9(19-20(5)11(15)21)22-10-7(13)3-6(4-8(10)14)12(16,17)18;1-5-2-9(19-20(5)11(18)21)22-10-7(13)3-6(4-8(10)14)12(15,16)17;1-5-2-9(18-17-5)19-10-7(12)3-6(4-8(10)13)11(14,15)16/h2-4H,1H3;2-4H,1H3,(H2,18,21);2-4H,1H3,(H,17,18). The number of amides is 1. The number of aromatic amines is 1. The number of carbonyl (C=O) groups is 2. The van der Waals surface area contributed by atoms with E-state index < -0.39 is 46.6 Å². The van der Waals surface area contributed by atoms with Crippen LogP contribution < -0.4 is 19.9 Å². The van der Waals surface area contributed by atoms with Crippen molar-refractivity contribution in [3.63, 3.8) is 0 Å². The first-order valence-corrected chi connectivity index (χ1v) is 19.0. The zero-order valence-electron chi connectivity index (χ0n) is 31.1. The topological polar surface area (TPSA) is 152 Å². The number of halogens is 16. The van der Waals surface area contributed by atoms with Crippen molar-refractivity contribution in [2.75, 3.05) is 0 Å². The van der Waals surface area contributed by atoms with E-state index in [9.17, 15) is 49.1 Å². The van der Waals surface area contributed by atoms with E-state index in [0.29, 0.717) is 35.7 Å². The average molecular weight is 1040 g/mol. The molecule has 3 aromatic carbocycles. The number of aryl methyl sites for hydroxylation is 3. The molecule has 0 spiro atoms. The van der Waals surface area contributed by atoms with Crippen molar-refractivity contribution < 1.29 is 63.3 Å². The number of aromatic nitrogens is 6. The first-order chi connectivity index (χ1) is 29.0. The zero-order chi connectivity index (χ0) is 47.5. The molecule has 28 heteroatoms. The maximum atomic E-state index is 12.6. The molecule has 3 N–H and O–H groups in total. The third-order valence-electron chi connectivity index (χ3n) is 7.38. The maximum Gasteiger partial charge on any atom is 0.416 e. The second-order valence-electron chi connectivity index (χ2n) is 12.2. The van der Waals surface area contributed by atoms with Crippen LogP contribution in [0.25, 0.3) is 0 Å². The summed E-state index contributed by atoms with van der Waals surface area (Å²) in [6, 6.07) is 7.66. The summed E-state index contributed by atoms with van der Waals surface area (Å²) in [6.07, 6.45) is -13.7. The number of nitrogens with two attached hydrogens (primary N) is 1. The molecule has 338 valence electrons. The number of alkyl halides is 9. The predicted octanol–water partition coefficient (Wildman–Crippen LogP) is 14.6. The number of primary amides is 1. The lowest BCUT2D eigenvalue weighted by atomic mass is 10.2. The highest BCUT2D eigenvalue weighted by atomic mass is 35.5. The number of rotatable bonds is 6. The highest BCUT2D eigenvalue weighted by molar-refractivity contribution is 6.63. The van der Waals surface area contributed by atoms with E-state index in [-0.39, 0.29) is 65.0 Å². The van der Waals surface area contributed by atoms with Crippen LogP contribution >= 0.6 is 81.2 Å². The van der Waals surface area contributed by atoms with Gasteiger partial charge in [-0.05, 0) is 68.8 Å². The lowest BCUT2D eigenvalue weighted by Gasteiger charge is -2.11. The van der Waals surface area contributed by atoms with E-state index in [1.165, 1.54) is 19.1 Å². The quantitative estimate of drug-likeness (QED) is 0.124. The molecule has 6 rings (SSSR count). The van der Waals surface area contributed by atoms with E-state index in [1.807, 2.05) is 0 Å². The van der Waals surface area contributed by atoms with Crippen molar-refractivity contribution in [1.29, 1.82) is 0 Å². The Morgan fingerprint density at radius 2 is 0.841 bits per heavy atom. The summed E-state index contributed by atoms with van der Waals surface area (Å²) >= 11 is 39.8. The summed E-state index contributed by atoms with van der Waals surface area (Å²) in [6.45, 7) is 4.83. The fraction of sp³-hybridized carbons (Fsp3) is 0.171. The second-order valence-corrected chi connectivity index (χ2v) is 14.9. The van der Waals surface area contributed by atoms with Crippen molar-refractivity contribution in [1.82, 2.24) is 29.8 Å². The minimum atomic E-state index is -4.59. The zero-order valence-corrected chi connectivity index (χ0v) is 36.4. The molecular formula is C35H21Cl7F9N7O5. The molecule has 3 aromatic heterocycles. The molecule has 0 aliphatic carbocycles. The molecule has 0 fully saturated rings. The van der Waals surface area contributed by atoms with Crippen LogP contribution in [0.1, 0.15) is 33.8 Å². The Morgan fingerprint density at radius 1 is 0.540 bits per heavy atom. The molecule has 0 unspecified atom stereocenters. The molecule has 0 radical (unpaired) electrons. The van der Waals surface area contributed by atoms with Crippen molar-refractivity contribution in [3.05, 3.63) is 119 Å². The fourth-order valence-corrected chi connectivity index (χ4v) is 6.48. The van der Waals surface area contributed by atoms with Crippen molar-refractivity contribution in [2.24, 2.45) is 5.73 Å². The van der Waals surface area contributed by atoms with Gasteiger partial charge in [0.2, 0.25) is 17.6 Å². The Kier molecular flexibility index (Phi) is 16.1. The molecule has 63 heavy (non-hydrogen) atoms. The minimum Gasteiger partial charge on any atom is -0.434 e. The first-order valence-electron chi connectivity index (χ1n) is 16.3. The van der Waals surface area contributed by atoms with Gasteiger partial charge in [0.15, 0.2) is 17.2 Å². The van der Waals surface area contributed by atoms with Gasteiger partial charge in [-0.3, -0.25) is 9.89 Å². The SMILES string of the molecule is Cc1cc(Oc2c(Cl)cc(C(F)(F)F)cc2Cl)n[nH]1.Cc1cc(Oc2c(Cl)cc(C(F)(F)F)cc2Cl)nn1C(=O)Cl.Cc1cc(Oc2c(Cl)cc(C(F)(F)F)cc2Cl)nn1C(N)=O. The number of nitrogens with one attached hydrogen (secondary N) is 1. The van der Waals surface area contributed by atoms with Crippen molar-refractivity contribution in [3.8, 4) is 34.9 Å². The molecule has 0 saturated heterocycles. The van der Waals surface area contributed by atoms with E-state index in [2.05, 4.69) is 20.4 Å². The van der Waals surface area contributed by atoms with Gasteiger partial charge in [-0.1, -0.05) is 69.6 Å². The molecule has 6 aromatic rings. The number of carbonyl (C=O) groups excluding carboxylic acids is 2. The van der Waals surface area contributed by atoms with Crippen LogP contribution in [0.2, 0.25) is 30.1 Å². The van der Waals surface area contributed by atoms with E-state index >= 15 is 0 Å². The van der Waals surface area contributed by atoms with E-state index in [1.54, 1.807) is 19.9 Å². The molecular weight excluding hydrogens is 1020 g/mol. The van der Waals surface area contributed by atoms with Gasteiger partial charge in [0.05, 0.1) is 52.5 Å². The molecule has 1 amide bonds. The smallest absolute Gasteiger partial charge is 0.416 e. The van der Waals surface area contributed by atoms with Crippen LogP contribution in [0, 0.1) is 20.8 Å². The van der Waals surface area contributed by atoms with Gasteiger partial charge in [-0.15, -0.1) is 15.3 Å². The average Bonchev–Trinajstić information content (AvgIpc) is 3.85. The second kappa shape index (κ2) is 20.0. The summed E-state index contributed by atoms with van der Waals surface area (Å²) in [5, 5.41) is 11.2. The lowest BCUT2D eigenvalue weighted by molar-refractivity contribution is -0.138. The molecule has 0 atom stereocenters. The van der Waals surface area contributed by atoms with Crippen LogP contribution in [0.5, 0.6) is 34.9 Å². The van der Waals surface area contributed by atoms with Gasteiger partial charge < -0.3 is 19.9 Å². The summed E-state index contributed by atoms with van der Waals surface area (Å²) in [5.41, 5.74) is 3.60. The molecule has 0 bridgehead atoms. The summed E-state index contributed by atoms with van der Waals surface area (Å²) in [4.78, 5) is 22.1. The largest absolute Gasteiger partial charge is 0.434 e. The lowest BCUT2D eigenvalue weighted by Crippen LogP contribution is -2.21. The molecule has 3 heterocycles. The fourth-order valence-electron chi connectivity index (χ4n) is 4.62. The summed E-state index contributed by atoms with van der Waals surface area (Å²) in [5.74, 6) is -0.479. The van der Waals surface area contributed by atoms with Gasteiger partial charge in [0.25, 0.3) is 0 Å². The Hall–Kier alpha value is -4.77. The Labute approximate surface area is 382 Å². The van der Waals surface area contributed by atoms with Crippen LogP contribution in [0.3, 0.4) is 0 Å². The van der Waals surface area contributed by atoms with Gasteiger partial charge >= 0.3 is 29.9 Å². The van der Waals surface area contributed by atoms with Crippen LogP contribution in [-0.2, 0) is 18.5 Å². The van der Waals surface area contributed by atoms with Crippen molar-refractivity contribution in [2.45, 2.75) is 39.3 Å². The number of ether oxygens (including phenoxy) is 3. The van der Waals surface area contributed by atoms with Gasteiger partial charge in [0.1, 0.15) is 0 Å². The van der Waals surface area contributed by atoms with Crippen LogP contribution in [0.4, 0.5) is 49.1 Å². The number of H-pyrrole nitrogens is 1. The van der Waals surface area contributed by atoms with Crippen molar-refractivity contribution >= 4 is 92.6 Å². The normalized spacial score (nSPS) is 11.6. The first kappa shape index (κ1) is 50.9. The number of hydrogen-bond donors (Lipinski definition) is 2. The monoisotopic (exact) mass is 1030 g/mol. The summed E-state index contributed by atoms with van der Waals surface area (Å²) in [7, 11) is 0. The maximum absolute atomic E-state index is 12.6. The molecule has 12 nitrogen and oxygen atoms in total. The Morgan fingerprint density at radius 3 is 1.08 bits per heavy atom. The van der Waals surface area contributed by atoms with Gasteiger partial charge in [0, 0.05) is 29.6 Å².